The molecule has 5 nitrogen and oxygen atoms in total. The molecule has 1 N–H and O–H groups in total. The molecule has 0 spiro atoms. The number of nitrogens with one attached hydrogen (secondary N) is 1. The molecule has 148 valence electrons. The third-order valence-electron chi connectivity index (χ3n) is 5.25. The van der Waals surface area contributed by atoms with Gasteiger partial charge in [-0.15, -0.1) is 0 Å². The third-order valence-corrected chi connectivity index (χ3v) is 6.27. The van der Waals surface area contributed by atoms with Gasteiger partial charge < -0.3 is 10.2 Å². The monoisotopic (exact) mass is 405 g/mol. The number of carbonyl (C=O) groups is 2. The zero-order valence-electron chi connectivity index (χ0n) is 16.8. The quantitative estimate of drug-likeness (QED) is 0.650. The van der Waals surface area contributed by atoms with Crippen LogP contribution in [-0.2, 0) is 16.0 Å². The largest absolute Gasteiger partial charge is 0.323 e. The number of para-hydroxylation sites is 2. The molecule has 0 atom stereocenters. The second-order valence-electron chi connectivity index (χ2n) is 7.27. The van der Waals surface area contributed by atoms with E-state index in [-0.39, 0.29) is 24.1 Å². The fourth-order valence-corrected chi connectivity index (χ4v) is 4.48. The molecule has 1 aromatic heterocycles. The van der Waals surface area contributed by atoms with Gasteiger partial charge in [-0.2, -0.15) is 0 Å². The molecule has 3 aromatic rings. The number of aryl methyl sites for hydroxylation is 3. The highest BCUT2D eigenvalue weighted by Crippen LogP contribution is 2.31. The summed E-state index contributed by atoms with van der Waals surface area (Å²) in [7, 11) is 0. The van der Waals surface area contributed by atoms with E-state index in [1.165, 1.54) is 22.9 Å². The number of pyridine rings is 1. The third kappa shape index (κ3) is 3.85. The van der Waals surface area contributed by atoms with E-state index in [2.05, 4.69) is 44.3 Å². The molecular formula is C23H23N3O2S. The first-order valence-electron chi connectivity index (χ1n) is 9.69. The van der Waals surface area contributed by atoms with E-state index in [0.29, 0.717) is 5.69 Å². The first-order valence-corrected chi connectivity index (χ1v) is 10.7. The van der Waals surface area contributed by atoms with E-state index in [1.807, 2.05) is 24.3 Å². The Morgan fingerprint density at radius 1 is 1.17 bits per heavy atom. The van der Waals surface area contributed by atoms with Crippen LogP contribution in [-0.4, -0.2) is 29.1 Å². The van der Waals surface area contributed by atoms with Crippen molar-refractivity contribution in [3.8, 4) is 0 Å². The number of carbonyl (C=O) groups excluding carboxylic acids is 2. The van der Waals surface area contributed by atoms with E-state index in [1.54, 1.807) is 4.90 Å². The number of amides is 2. The second kappa shape index (κ2) is 7.87. The van der Waals surface area contributed by atoms with Crippen LogP contribution < -0.4 is 10.2 Å². The number of fused-ring (bicyclic) bond motifs is 2. The van der Waals surface area contributed by atoms with Crippen LogP contribution in [0, 0.1) is 13.8 Å². The molecule has 4 rings (SSSR count). The first kappa shape index (κ1) is 19.5. The molecule has 1 aliphatic rings. The standard InChI is InChI=1S/C23H23N3O2S/c1-4-16-11-17-9-14(2)15(3)10-19(17)25-23(16)29-13-22(28)26-12-21(27)24-18-7-5-6-8-20(18)26/h5-11H,4,12-13H2,1-3H3,(H,24,27). The van der Waals surface area contributed by atoms with Crippen molar-refractivity contribution in [1.29, 1.82) is 0 Å². The van der Waals surface area contributed by atoms with Gasteiger partial charge in [0, 0.05) is 5.39 Å². The van der Waals surface area contributed by atoms with Crippen molar-refractivity contribution >= 4 is 45.9 Å². The van der Waals surface area contributed by atoms with Crippen LogP contribution in [0.15, 0.2) is 47.5 Å². The summed E-state index contributed by atoms with van der Waals surface area (Å²) in [5.74, 6) is -0.0369. The van der Waals surface area contributed by atoms with Crippen LogP contribution in [0.3, 0.4) is 0 Å². The Hall–Kier alpha value is -2.86. The summed E-state index contributed by atoms with van der Waals surface area (Å²) < 4.78 is 0. The summed E-state index contributed by atoms with van der Waals surface area (Å²) in [4.78, 5) is 31.3. The van der Waals surface area contributed by atoms with Crippen LogP contribution in [0.1, 0.15) is 23.6 Å². The Balaban J connectivity index is 1.59. The molecule has 1 aliphatic heterocycles. The minimum atomic E-state index is -0.175. The summed E-state index contributed by atoms with van der Waals surface area (Å²) >= 11 is 1.44. The molecular weight excluding hydrogens is 382 g/mol. The minimum Gasteiger partial charge on any atom is -0.323 e. The number of rotatable bonds is 4. The average molecular weight is 406 g/mol. The lowest BCUT2D eigenvalue weighted by molar-refractivity contribution is -0.120. The van der Waals surface area contributed by atoms with Crippen molar-refractivity contribution in [2.45, 2.75) is 32.2 Å². The summed E-state index contributed by atoms with van der Waals surface area (Å²) in [6, 6.07) is 13.8. The lowest BCUT2D eigenvalue weighted by Crippen LogP contribution is -2.43. The predicted molar refractivity (Wildman–Crippen MR) is 119 cm³/mol. The maximum atomic E-state index is 12.9. The normalized spacial score (nSPS) is 13.3. The number of anilines is 2. The Labute approximate surface area is 174 Å². The fraction of sp³-hybridized carbons (Fsp3) is 0.261. The van der Waals surface area contributed by atoms with Crippen molar-refractivity contribution in [2.24, 2.45) is 0 Å². The van der Waals surface area contributed by atoms with Crippen molar-refractivity contribution in [3.05, 3.63) is 59.2 Å². The lowest BCUT2D eigenvalue weighted by atomic mass is 10.0. The molecule has 29 heavy (non-hydrogen) atoms. The lowest BCUT2D eigenvalue weighted by Gasteiger charge is -2.29. The van der Waals surface area contributed by atoms with Gasteiger partial charge in [0.25, 0.3) is 0 Å². The Bertz CT molecular complexity index is 1130. The van der Waals surface area contributed by atoms with Gasteiger partial charge in [-0.1, -0.05) is 30.8 Å². The number of hydrogen-bond acceptors (Lipinski definition) is 4. The van der Waals surface area contributed by atoms with Crippen molar-refractivity contribution in [3.63, 3.8) is 0 Å². The van der Waals surface area contributed by atoms with E-state index < -0.39 is 0 Å². The highest BCUT2D eigenvalue weighted by molar-refractivity contribution is 8.00. The van der Waals surface area contributed by atoms with Gasteiger partial charge in [-0.25, -0.2) is 4.98 Å². The molecule has 0 bridgehead atoms. The van der Waals surface area contributed by atoms with Gasteiger partial charge in [0.1, 0.15) is 11.6 Å². The summed E-state index contributed by atoms with van der Waals surface area (Å²) in [5.41, 5.74) is 5.95. The molecule has 2 amide bonds. The molecule has 0 saturated heterocycles. The number of thioether (sulfide) groups is 1. The first-order chi connectivity index (χ1) is 14.0. The SMILES string of the molecule is CCc1cc2cc(C)c(C)cc2nc1SCC(=O)N1CC(=O)Nc2ccccc21. The zero-order valence-corrected chi connectivity index (χ0v) is 17.6. The smallest absolute Gasteiger partial charge is 0.244 e. The number of aromatic nitrogens is 1. The van der Waals surface area contributed by atoms with Crippen molar-refractivity contribution < 1.29 is 9.59 Å². The molecule has 2 aromatic carbocycles. The van der Waals surface area contributed by atoms with E-state index in [9.17, 15) is 9.59 Å². The Morgan fingerprint density at radius 2 is 1.93 bits per heavy atom. The van der Waals surface area contributed by atoms with Gasteiger partial charge in [0.2, 0.25) is 11.8 Å². The van der Waals surface area contributed by atoms with E-state index >= 15 is 0 Å². The predicted octanol–water partition coefficient (Wildman–Crippen LogP) is 4.49. The van der Waals surface area contributed by atoms with E-state index in [0.717, 1.165) is 33.6 Å². The number of nitrogens with zero attached hydrogens (tertiary/aromatic N) is 2. The van der Waals surface area contributed by atoms with Gasteiger partial charge in [-0.3, -0.25) is 9.59 Å². The number of hydrogen-bond donors (Lipinski definition) is 1. The van der Waals surface area contributed by atoms with Crippen LogP contribution in [0.4, 0.5) is 11.4 Å². The summed E-state index contributed by atoms with van der Waals surface area (Å²) in [6.45, 7) is 6.33. The van der Waals surface area contributed by atoms with Crippen molar-refractivity contribution in [1.82, 2.24) is 4.98 Å². The van der Waals surface area contributed by atoms with Gasteiger partial charge in [0.15, 0.2) is 0 Å². The molecule has 0 aliphatic carbocycles. The molecule has 0 saturated carbocycles. The maximum Gasteiger partial charge on any atom is 0.244 e. The minimum absolute atomic E-state index is 0.0423. The molecule has 0 radical (unpaired) electrons. The zero-order chi connectivity index (χ0) is 20.5. The molecule has 6 heteroatoms. The highest BCUT2D eigenvalue weighted by atomic mass is 32.2. The Morgan fingerprint density at radius 3 is 2.72 bits per heavy atom. The fourth-order valence-electron chi connectivity index (χ4n) is 3.51. The number of benzene rings is 2. The average Bonchev–Trinajstić information content (AvgIpc) is 2.71. The van der Waals surface area contributed by atoms with Crippen molar-refractivity contribution in [2.75, 3.05) is 22.5 Å². The van der Waals surface area contributed by atoms with Crippen LogP contribution in [0.25, 0.3) is 10.9 Å². The maximum absolute atomic E-state index is 12.9. The molecule has 0 fully saturated rings. The molecule has 2 heterocycles. The summed E-state index contributed by atoms with van der Waals surface area (Å²) in [6.07, 6.45) is 0.849. The van der Waals surface area contributed by atoms with Crippen LogP contribution in [0.5, 0.6) is 0 Å². The van der Waals surface area contributed by atoms with Crippen LogP contribution >= 0.6 is 11.8 Å². The van der Waals surface area contributed by atoms with Gasteiger partial charge in [0.05, 0.1) is 22.6 Å². The Kier molecular flexibility index (Phi) is 5.28. The molecule has 0 unspecified atom stereocenters. The second-order valence-corrected chi connectivity index (χ2v) is 8.23. The summed E-state index contributed by atoms with van der Waals surface area (Å²) in [5, 5.41) is 4.82. The van der Waals surface area contributed by atoms with E-state index in [4.69, 9.17) is 4.98 Å². The van der Waals surface area contributed by atoms with Crippen LogP contribution in [0.2, 0.25) is 0 Å². The highest BCUT2D eigenvalue weighted by Gasteiger charge is 2.26. The topological polar surface area (TPSA) is 62.3 Å². The van der Waals surface area contributed by atoms with Gasteiger partial charge >= 0.3 is 0 Å². The van der Waals surface area contributed by atoms with Gasteiger partial charge in [-0.05, 0) is 67.3 Å².